The Kier molecular flexibility index (Phi) is 11.4. The molecule has 2 bridgehead atoms. The number of hydrogen-bond acceptors (Lipinski definition) is 10. The normalized spacial score (nSPS) is 21.2. The van der Waals surface area contributed by atoms with E-state index in [0.717, 1.165) is 11.1 Å². The van der Waals surface area contributed by atoms with Crippen LogP contribution in [0.15, 0.2) is 42.5 Å². The van der Waals surface area contributed by atoms with Crippen molar-refractivity contribution in [2.24, 2.45) is 0 Å². The fraction of sp³-hybridized carbons (Fsp3) is 0.457. The summed E-state index contributed by atoms with van der Waals surface area (Å²) in [5.74, 6) is 0.208. The lowest BCUT2D eigenvalue weighted by Gasteiger charge is -2.30. The molecule has 3 aliphatic rings. The summed E-state index contributed by atoms with van der Waals surface area (Å²) >= 11 is 0. The number of amides is 5. The molecule has 3 aromatic rings. The van der Waals surface area contributed by atoms with Crippen LogP contribution in [0.1, 0.15) is 62.4 Å². The van der Waals surface area contributed by atoms with Gasteiger partial charge in [0.2, 0.25) is 29.5 Å². The van der Waals surface area contributed by atoms with Crippen LogP contribution >= 0.6 is 0 Å². The molecule has 0 aliphatic carbocycles. The maximum Gasteiger partial charge on any atom is 0.245 e. The van der Waals surface area contributed by atoms with Gasteiger partial charge in [0, 0.05) is 19.3 Å². The number of ether oxygens (including phenoxy) is 3. The highest BCUT2D eigenvalue weighted by atomic mass is 16.5. The third-order valence-corrected chi connectivity index (χ3v) is 8.59. The van der Waals surface area contributed by atoms with E-state index in [1.807, 2.05) is 12.1 Å². The number of aromatic nitrogens is 3. The predicted molar refractivity (Wildman–Crippen MR) is 183 cm³/mol. The summed E-state index contributed by atoms with van der Waals surface area (Å²) in [4.78, 5) is 70.0. The molecule has 1 saturated heterocycles. The summed E-state index contributed by atoms with van der Waals surface area (Å²) in [6, 6.07) is 9.88. The molecule has 5 amide bonds. The van der Waals surface area contributed by atoms with E-state index in [4.69, 9.17) is 19.2 Å². The van der Waals surface area contributed by atoms with Gasteiger partial charge >= 0.3 is 0 Å². The van der Waals surface area contributed by atoms with Crippen molar-refractivity contribution in [1.82, 2.24) is 41.3 Å². The molecule has 1 aromatic heterocycles. The number of nitrogens with one attached hydrogen (secondary N) is 5. The van der Waals surface area contributed by atoms with E-state index in [1.54, 1.807) is 65.3 Å². The molecule has 1 fully saturated rings. The molecule has 3 atom stereocenters. The van der Waals surface area contributed by atoms with Crippen LogP contribution in [0.25, 0.3) is 0 Å². The molecule has 0 unspecified atom stereocenters. The molecular formula is C35H44N8O8. The second-order valence-corrected chi connectivity index (χ2v) is 13.0. The van der Waals surface area contributed by atoms with Crippen LogP contribution in [0.4, 0.5) is 0 Å². The number of rotatable bonds is 6. The molecule has 3 aliphatic heterocycles. The van der Waals surface area contributed by atoms with Crippen LogP contribution in [-0.2, 0) is 43.4 Å². The van der Waals surface area contributed by atoms with Crippen LogP contribution in [-0.4, -0.2) is 89.3 Å². The number of benzene rings is 2. The van der Waals surface area contributed by atoms with E-state index in [1.165, 1.54) is 4.68 Å². The van der Waals surface area contributed by atoms with Crippen LogP contribution in [0.5, 0.6) is 17.2 Å². The van der Waals surface area contributed by atoms with Gasteiger partial charge in [-0.1, -0.05) is 18.2 Å². The van der Waals surface area contributed by atoms with Crippen molar-refractivity contribution in [2.75, 3.05) is 27.4 Å². The smallest absolute Gasteiger partial charge is 0.245 e. The third kappa shape index (κ3) is 9.32. The van der Waals surface area contributed by atoms with E-state index in [2.05, 4.69) is 31.7 Å². The molecule has 16 nitrogen and oxygen atoms in total. The van der Waals surface area contributed by atoms with Crippen molar-refractivity contribution in [3.63, 3.8) is 0 Å². The van der Waals surface area contributed by atoms with Gasteiger partial charge in [0.05, 0.1) is 26.8 Å². The average molecular weight is 705 g/mol. The Morgan fingerprint density at radius 1 is 1.02 bits per heavy atom. The Morgan fingerprint density at radius 2 is 1.76 bits per heavy atom. The maximum absolute atomic E-state index is 13.7. The summed E-state index contributed by atoms with van der Waals surface area (Å²) in [6.07, 6.45) is 0.942. The third-order valence-electron chi connectivity index (χ3n) is 8.59. The molecule has 0 saturated carbocycles. The maximum atomic E-state index is 13.7. The number of methoxy groups -OCH3 is 2. The largest absolute Gasteiger partial charge is 0.493 e. The zero-order valence-electron chi connectivity index (χ0n) is 29.3. The van der Waals surface area contributed by atoms with Crippen molar-refractivity contribution in [2.45, 2.75) is 76.7 Å². The van der Waals surface area contributed by atoms with E-state index >= 15 is 0 Å². The van der Waals surface area contributed by atoms with Gasteiger partial charge in [-0.3, -0.25) is 24.0 Å². The first kappa shape index (κ1) is 36.6. The zero-order chi connectivity index (χ0) is 36.7. The van der Waals surface area contributed by atoms with Crippen molar-refractivity contribution in [3.8, 4) is 17.2 Å². The minimum Gasteiger partial charge on any atom is -0.493 e. The van der Waals surface area contributed by atoms with Crippen LogP contribution in [0.3, 0.4) is 0 Å². The Labute approximate surface area is 295 Å². The number of nitrogens with zero attached hydrogens (tertiary/aromatic N) is 3. The van der Waals surface area contributed by atoms with E-state index in [-0.39, 0.29) is 44.4 Å². The van der Waals surface area contributed by atoms with Gasteiger partial charge in [-0.15, -0.1) is 0 Å². The monoisotopic (exact) mass is 704 g/mol. The van der Waals surface area contributed by atoms with Gasteiger partial charge in [-0.2, -0.15) is 5.10 Å². The fourth-order valence-corrected chi connectivity index (χ4v) is 5.78. The van der Waals surface area contributed by atoms with Gasteiger partial charge in [0.1, 0.15) is 42.3 Å². The summed E-state index contributed by atoms with van der Waals surface area (Å²) in [7, 11) is 3.09. The lowest BCUT2D eigenvalue weighted by molar-refractivity contribution is -0.135. The quantitative estimate of drug-likeness (QED) is 0.240. The van der Waals surface area contributed by atoms with Crippen molar-refractivity contribution in [1.29, 1.82) is 0 Å². The number of carbonyl (C=O) groups excluding carboxylic acids is 5. The number of fused-ring (bicyclic) bond motifs is 14. The van der Waals surface area contributed by atoms with Gasteiger partial charge < -0.3 is 40.8 Å². The van der Waals surface area contributed by atoms with Crippen molar-refractivity contribution in [3.05, 3.63) is 65.2 Å². The highest BCUT2D eigenvalue weighted by molar-refractivity contribution is 5.96. The fourth-order valence-electron chi connectivity index (χ4n) is 5.78. The topological polar surface area (TPSA) is 204 Å². The SMILES string of the molecule is COc1ccc(Cc2nc3n(n2)CC(=O)NCCOc2ccc(cc2)C[C@H](NC(=O)[C@@H]2CCC(=O)N2)C(=O)NC(C)(C)C(=O)N[C@@H]3C)cc1OC. The molecule has 0 spiro atoms. The lowest BCUT2D eigenvalue weighted by Crippen LogP contribution is -2.60. The molecule has 2 aromatic carbocycles. The average Bonchev–Trinajstić information content (AvgIpc) is 3.72. The second-order valence-electron chi connectivity index (χ2n) is 13.0. The lowest BCUT2D eigenvalue weighted by atomic mass is 10.00. The second kappa shape index (κ2) is 15.9. The zero-order valence-corrected chi connectivity index (χ0v) is 29.3. The first-order valence-electron chi connectivity index (χ1n) is 16.7. The Bertz CT molecular complexity index is 1770. The predicted octanol–water partition coefficient (Wildman–Crippen LogP) is 0.473. The summed E-state index contributed by atoms with van der Waals surface area (Å²) in [5.41, 5.74) is 0.111. The van der Waals surface area contributed by atoms with Crippen LogP contribution in [0, 0.1) is 0 Å². The summed E-state index contributed by atoms with van der Waals surface area (Å²) in [6.45, 7) is 5.03. The molecule has 0 radical (unpaired) electrons. The minimum absolute atomic E-state index is 0.106. The molecule has 5 N–H and O–H groups in total. The van der Waals surface area contributed by atoms with Crippen molar-refractivity contribution >= 4 is 29.5 Å². The standard InChI is InChI=1S/C35H44N8O8/c1-20-31-40-28(18-22-8-12-26(49-4)27(17-22)50-5)42-43(31)19-30(45)36-14-15-51-23-9-6-21(7-10-23)16-25(33(47)41-35(2,3)34(48)37-20)39-32(46)24-11-13-29(44)38-24/h6-10,12,17,20,24-25H,11,13-16,18-19H2,1-5H3,(H,36,45)(H,37,48)(H,38,44)(H,39,46)(H,41,47)/t20-,24+,25+/m1/s1. The van der Waals surface area contributed by atoms with Gasteiger partial charge in [0.15, 0.2) is 17.3 Å². The Balaban J connectivity index is 1.40. The van der Waals surface area contributed by atoms with Crippen LogP contribution < -0.4 is 40.8 Å². The molecule has 6 rings (SSSR count). The van der Waals surface area contributed by atoms with E-state index in [9.17, 15) is 24.0 Å². The summed E-state index contributed by atoms with van der Waals surface area (Å²) in [5, 5.41) is 18.5. The van der Waals surface area contributed by atoms with Crippen LogP contribution in [0.2, 0.25) is 0 Å². The molecule has 51 heavy (non-hydrogen) atoms. The van der Waals surface area contributed by atoms with Gasteiger partial charge in [-0.05, 0) is 62.6 Å². The van der Waals surface area contributed by atoms with Gasteiger partial charge in [0.25, 0.3) is 0 Å². The minimum atomic E-state index is -1.45. The highest BCUT2D eigenvalue weighted by Crippen LogP contribution is 2.28. The first-order valence-corrected chi connectivity index (χ1v) is 16.7. The molecule has 272 valence electrons. The van der Waals surface area contributed by atoms with E-state index in [0.29, 0.717) is 41.7 Å². The highest BCUT2D eigenvalue weighted by Gasteiger charge is 2.36. The summed E-state index contributed by atoms with van der Waals surface area (Å²) < 4.78 is 18.0. The van der Waals surface area contributed by atoms with E-state index < -0.39 is 41.4 Å². The number of hydrogen-bond donors (Lipinski definition) is 5. The Morgan fingerprint density at radius 3 is 2.45 bits per heavy atom. The molecule has 4 heterocycles. The molecular weight excluding hydrogens is 660 g/mol. The number of carbonyl (C=O) groups is 5. The van der Waals surface area contributed by atoms with Gasteiger partial charge in [-0.25, -0.2) is 9.67 Å². The first-order chi connectivity index (χ1) is 24.3. The molecule has 16 heteroatoms. The Hall–Kier alpha value is -5.67. The van der Waals surface area contributed by atoms with Crippen molar-refractivity contribution < 1.29 is 38.2 Å².